The number of alkyl carbamates (subject to hydrolysis) is 1. The van der Waals surface area contributed by atoms with Gasteiger partial charge < -0.3 is 10.1 Å². The summed E-state index contributed by atoms with van der Waals surface area (Å²) in [6.07, 6.45) is -5.07. The van der Waals surface area contributed by atoms with Crippen molar-refractivity contribution in [3.05, 3.63) is 74.2 Å². The molecule has 0 aromatic heterocycles. The summed E-state index contributed by atoms with van der Waals surface area (Å²) in [5, 5.41) is 2.70. The van der Waals surface area contributed by atoms with Gasteiger partial charge in [-0.25, -0.2) is 4.79 Å². The minimum atomic E-state index is -4.84. The van der Waals surface area contributed by atoms with Crippen LogP contribution < -0.4 is 5.32 Å². The molecule has 2 rings (SSSR count). The van der Waals surface area contributed by atoms with E-state index in [1.54, 1.807) is 20.8 Å². The molecule has 4 nitrogen and oxygen atoms in total. The van der Waals surface area contributed by atoms with Crippen LogP contribution in [0.3, 0.4) is 0 Å². The molecule has 0 spiro atoms. The van der Waals surface area contributed by atoms with Crippen LogP contribution >= 0.6 is 34.8 Å². The molecule has 0 aliphatic carbocycles. The van der Waals surface area contributed by atoms with Crippen molar-refractivity contribution in [2.75, 3.05) is 0 Å². The summed E-state index contributed by atoms with van der Waals surface area (Å²) in [6.45, 7) is 4.98. The number of allylic oxidation sites excluding steroid dienone is 2. The van der Waals surface area contributed by atoms with Crippen molar-refractivity contribution in [3.8, 4) is 0 Å². The van der Waals surface area contributed by atoms with E-state index in [-0.39, 0.29) is 32.7 Å². The Kier molecular flexibility index (Phi) is 8.26. The summed E-state index contributed by atoms with van der Waals surface area (Å²) < 4.78 is 46.1. The number of alkyl halides is 3. The largest absolute Gasteiger partial charge is 0.444 e. The molecule has 0 aliphatic heterocycles. The molecule has 172 valence electrons. The Balaban J connectivity index is 2.33. The number of carbonyl (C=O) groups excluding carboxylic acids is 2. The Morgan fingerprint density at radius 1 is 0.969 bits per heavy atom. The number of halogens is 6. The Morgan fingerprint density at radius 3 is 2.09 bits per heavy atom. The van der Waals surface area contributed by atoms with Crippen molar-refractivity contribution in [1.29, 1.82) is 0 Å². The average Bonchev–Trinajstić information content (AvgIpc) is 2.62. The number of ketones is 1. The van der Waals surface area contributed by atoms with E-state index in [2.05, 4.69) is 5.32 Å². The third kappa shape index (κ3) is 7.73. The van der Waals surface area contributed by atoms with Crippen LogP contribution in [-0.4, -0.2) is 23.7 Å². The highest BCUT2D eigenvalue weighted by Crippen LogP contribution is 2.36. The Hall–Kier alpha value is -2.22. The first-order valence-electron chi connectivity index (χ1n) is 9.20. The quantitative estimate of drug-likeness (QED) is 0.336. The van der Waals surface area contributed by atoms with Gasteiger partial charge in [0.25, 0.3) is 0 Å². The molecule has 0 aliphatic rings. The lowest BCUT2D eigenvalue weighted by Crippen LogP contribution is -2.32. The van der Waals surface area contributed by atoms with Gasteiger partial charge in [0.1, 0.15) is 5.60 Å². The number of hydrogen-bond acceptors (Lipinski definition) is 3. The zero-order valence-electron chi connectivity index (χ0n) is 17.2. The predicted octanol–water partition coefficient (Wildman–Crippen LogP) is 7.50. The fraction of sp³-hybridized carbons (Fsp3) is 0.273. The zero-order valence-corrected chi connectivity index (χ0v) is 19.5. The molecule has 0 radical (unpaired) electrons. The standard InChI is InChI=1S/C22H19Cl3F3NO3/c1-21(2,3)32-20(31)29-11-14-6-12(4-5-18(14)25)19(30)10-17(22(26,27)28)13-7-15(23)9-16(24)8-13/h4-10H,11H2,1-3H3,(H,29,31). The lowest BCUT2D eigenvalue weighted by Gasteiger charge is -2.19. The second-order valence-corrected chi connectivity index (χ2v) is 9.02. The molecule has 0 heterocycles. The summed E-state index contributed by atoms with van der Waals surface area (Å²) in [5.74, 6) is -0.913. The van der Waals surface area contributed by atoms with Gasteiger partial charge in [0, 0.05) is 27.2 Å². The number of carbonyl (C=O) groups is 2. The molecule has 0 atom stereocenters. The van der Waals surface area contributed by atoms with Crippen molar-refractivity contribution in [1.82, 2.24) is 5.32 Å². The van der Waals surface area contributed by atoms with Gasteiger partial charge in [0.2, 0.25) is 0 Å². The molecule has 32 heavy (non-hydrogen) atoms. The number of ether oxygens (including phenoxy) is 1. The van der Waals surface area contributed by atoms with Gasteiger partial charge in [0.15, 0.2) is 5.78 Å². The third-order valence-corrected chi connectivity index (χ3v) is 4.71. The average molecular weight is 509 g/mol. The van der Waals surface area contributed by atoms with E-state index in [1.807, 2.05) is 0 Å². The van der Waals surface area contributed by atoms with E-state index in [0.717, 1.165) is 12.1 Å². The van der Waals surface area contributed by atoms with Crippen LogP contribution in [0.2, 0.25) is 15.1 Å². The van der Waals surface area contributed by atoms with E-state index in [0.29, 0.717) is 11.6 Å². The molecule has 0 saturated heterocycles. The Morgan fingerprint density at radius 2 is 1.56 bits per heavy atom. The lowest BCUT2D eigenvalue weighted by atomic mass is 10.0. The summed E-state index contributed by atoms with van der Waals surface area (Å²) in [6, 6.07) is 7.37. The number of hydrogen-bond donors (Lipinski definition) is 1. The Labute approximate surface area is 198 Å². The molecule has 0 bridgehead atoms. The van der Waals surface area contributed by atoms with Crippen LogP contribution in [0, 0.1) is 0 Å². The fourth-order valence-electron chi connectivity index (χ4n) is 2.60. The zero-order chi connectivity index (χ0) is 24.3. The van der Waals surface area contributed by atoms with Gasteiger partial charge in [-0.1, -0.05) is 34.8 Å². The molecule has 10 heteroatoms. The lowest BCUT2D eigenvalue weighted by molar-refractivity contribution is -0.0689. The minimum Gasteiger partial charge on any atom is -0.444 e. The molecule has 0 saturated carbocycles. The molecule has 0 fully saturated rings. The van der Waals surface area contributed by atoms with Gasteiger partial charge in [-0.2, -0.15) is 13.2 Å². The first-order valence-corrected chi connectivity index (χ1v) is 10.3. The molecular weight excluding hydrogens is 490 g/mol. The van der Waals surface area contributed by atoms with Crippen LogP contribution in [0.4, 0.5) is 18.0 Å². The monoisotopic (exact) mass is 507 g/mol. The van der Waals surface area contributed by atoms with Crippen LogP contribution in [0.5, 0.6) is 0 Å². The normalized spacial score (nSPS) is 12.5. The van der Waals surface area contributed by atoms with Gasteiger partial charge in [-0.3, -0.25) is 4.79 Å². The maximum absolute atomic E-state index is 13.6. The van der Waals surface area contributed by atoms with Gasteiger partial charge in [-0.05, 0) is 74.4 Å². The predicted molar refractivity (Wildman–Crippen MR) is 119 cm³/mol. The first-order chi connectivity index (χ1) is 14.7. The van der Waals surface area contributed by atoms with E-state index in [4.69, 9.17) is 39.5 Å². The molecule has 2 aromatic carbocycles. The summed E-state index contributed by atoms with van der Waals surface area (Å²) in [4.78, 5) is 24.5. The van der Waals surface area contributed by atoms with Crippen molar-refractivity contribution in [3.63, 3.8) is 0 Å². The second-order valence-electron chi connectivity index (χ2n) is 7.74. The first kappa shape index (κ1) is 26.0. The van der Waals surface area contributed by atoms with E-state index in [9.17, 15) is 22.8 Å². The number of rotatable bonds is 5. The van der Waals surface area contributed by atoms with Crippen LogP contribution in [-0.2, 0) is 11.3 Å². The fourth-order valence-corrected chi connectivity index (χ4v) is 3.31. The van der Waals surface area contributed by atoms with Gasteiger partial charge in [0.05, 0.1) is 5.57 Å². The SMILES string of the molecule is CC(C)(C)OC(=O)NCc1cc(C(=O)C=C(c2cc(Cl)cc(Cl)c2)C(F)(F)F)ccc1Cl. The van der Waals surface area contributed by atoms with Crippen LogP contribution in [0.15, 0.2) is 42.5 Å². The topological polar surface area (TPSA) is 55.4 Å². The number of benzene rings is 2. The molecule has 0 unspecified atom stereocenters. The van der Waals surface area contributed by atoms with Crippen molar-refractivity contribution >= 4 is 52.3 Å². The van der Waals surface area contributed by atoms with E-state index >= 15 is 0 Å². The maximum atomic E-state index is 13.6. The summed E-state index contributed by atoms with van der Waals surface area (Å²) in [7, 11) is 0. The highest BCUT2D eigenvalue weighted by molar-refractivity contribution is 6.35. The summed E-state index contributed by atoms with van der Waals surface area (Å²) in [5.41, 5.74) is -1.98. The summed E-state index contributed by atoms with van der Waals surface area (Å²) >= 11 is 17.7. The van der Waals surface area contributed by atoms with Crippen molar-refractivity contribution in [2.45, 2.75) is 39.1 Å². The highest BCUT2D eigenvalue weighted by atomic mass is 35.5. The van der Waals surface area contributed by atoms with E-state index < -0.39 is 29.2 Å². The van der Waals surface area contributed by atoms with Crippen molar-refractivity contribution in [2.24, 2.45) is 0 Å². The molecular formula is C22H19Cl3F3NO3. The third-order valence-electron chi connectivity index (χ3n) is 3.91. The van der Waals surface area contributed by atoms with Crippen molar-refractivity contribution < 1.29 is 27.5 Å². The number of amides is 1. The smallest absolute Gasteiger partial charge is 0.417 e. The second kappa shape index (κ2) is 10.1. The van der Waals surface area contributed by atoms with Gasteiger partial charge in [-0.15, -0.1) is 0 Å². The minimum absolute atomic E-state index is 0.00269. The van der Waals surface area contributed by atoms with Gasteiger partial charge >= 0.3 is 12.3 Å². The molecule has 1 amide bonds. The highest BCUT2D eigenvalue weighted by Gasteiger charge is 2.35. The molecule has 2 aromatic rings. The number of nitrogens with one attached hydrogen (secondary N) is 1. The van der Waals surface area contributed by atoms with Crippen LogP contribution in [0.1, 0.15) is 42.3 Å². The molecule has 1 N–H and O–H groups in total. The van der Waals surface area contributed by atoms with Crippen LogP contribution in [0.25, 0.3) is 5.57 Å². The Bertz CT molecular complexity index is 1040. The van der Waals surface area contributed by atoms with E-state index in [1.165, 1.54) is 24.3 Å². The maximum Gasteiger partial charge on any atom is 0.417 e.